The third-order valence-electron chi connectivity index (χ3n) is 0.967. The van der Waals surface area contributed by atoms with Gasteiger partial charge in [0.05, 0.1) is 6.61 Å². The fourth-order valence-corrected chi connectivity index (χ4v) is 1.20. The summed E-state index contributed by atoms with van der Waals surface area (Å²) in [4.78, 5) is 0. The van der Waals surface area contributed by atoms with Crippen molar-refractivity contribution in [1.82, 2.24) is 0 Å². The van der Waals surface area contributed by atoms with E-state index in [1.54, 1.807) is 0 Å². The number of rotatable bonds is 6. The molecule has 0 bridgehead atoms. The van der Waals surface area contributed by atoms with Crippen LogP contribution in [0.25, 0.3) is 0 Å². The highest BCUT2D eigenvalue weighted by molar-refractivity contribution is 7.99. The Bertz CT molecular complexity index is 95.9. The van der Waals surface area contributed by atoms with Crippen LogP contribution in [0.2, 0.25) is 0 Å². The van der Waals surface area contributed by atoms with Crippen molar-refractivity contribution in [1.29, 1.82) is 0 Å². The first-order valence-corrected chi connectivity index (χ1v) is 4.66. The molecule has 0 aliphatic carbocycles. The molecule has 0 radical (unpaired) electrons. The van der Waals surface area contributed by atoms with Gasteiger partial charge in [0.25, 0.3) is 0 Å². The van der Waals surface area contributed by atoms with Crippen molar-refractivity contribution in [3.8, 4) is 12.3 Å². The normalized spacial score (nSPS) is 9.20. The van der Waals surface area contributed by atoms with Crippen LogP contribution in [-0.2, 0) is 4.74 Å². The van der Waals surface area contributed by atoms with Crippen LogP contribution in [0.3, 0.4) is 0 Å². The van der Waals surface area contributed by atoms with Crippen molar-refractivity contribution in [3.63, 3.8) is 0 Å². The Morgan fingerprint density at radius 1 is 1.50 bits per heavy atom. The van der Waals surface area contributed by atoms with Crippen LogP contribution in [0.15, 0.2) is 0 Å². The van der Waals surface area contributed by atoms with Gasteiger partial charge in [-0.05, 0) is 6.92 Å². The minimum absolute atomic E-state index is 0.815. The molecular formula is C8H14OS. The molecule has 0 aromatic heterocycles. The Kier molecular flexibility index (Phi) is 8.75. The van der Waals surface area contributed by atoms with Gasteiger partial charge in [-0.2, -0.15) is 11.8 Å². The van der Waals surface area contributed by atoms with Gasteiger partial charge in [-0.3, -0.25) is 0 Å². The summed E-state index contributed by atoms with van der Waals surface area (Å²) in [7, 11) is 0. The summed E-state index contributed by atoms with van der Waals surface area (Å²) < 4.78 is 5.14. The zero-order chi connectivity index (χ0) is 7.66. The molecule has 0 aliphatic heterocycles. The molecule has 0 saturated heterocycles. The maximum atomic E-state index is 5.14. The van der Waals surface area contributed by atoms with Gasteiger partial charge >= 0.3 is 0 Å². The Labute approximate surface area is 67.5 Å². The van der Waals surface area contributed by atoms with Gasteiger partial charge < -0.3 is 4.74 Å². The van der Waals surface area contributed by atoms with Crippen molar-refractivity contribution in [2.24, 2.45) is 0 Å². The Morgan fingerprint density at radius 3 is 2.90 bits per heavy atom. The predicted octanol–water partition coefficient (Wildman–Crippen LogP) is 1.78. The molecular weight excluding hydrogens is 144 g/mol. The molecule has 0 aromatic rings. The van der Waals surface area contributed by atoms with E-state index < -0.39 is 0 Å². The molecule has 10 heavy (non-hydrogen) atoms. The molecule has 1 nitrogen and oxygen atoms in total. The van der Waals surface area contributed by atoms with E-state index in [0.717, 1.165) is 31.1 Å². The van der Waals surface area contributed by atoms with Gasteiger partial charge in [-0.25, -0.2) is 0 Å². The van der Waals surface area contributed by atoms with E-state index in [-0.39, 0.29) is 0 Å². The lowest BCUT2D eigenvalue weighted by Crippen LogP contribution is -1.96. The van der Waals surface area contributed by atoms with E-state index in [4.69, 9.17) is 11.2 Å². The van der Waals surface area contributed by atoms with Crippen molar-refractivity contribution in [3.05, 3.63) is 0 Å². The van der Waals surface area contributed by atoms with Gasteiger partial charge in [-0.15, -0.1) is 12.3 Å². The monoisotopic (exact) mass is 158 g/mol. The summed E-state index contributed by atoms with van der Waals surface area (Å²) in [6.07, 6.45) is 5.95. The minimum Gasteiger partial charge on any atom is -0.381 e. The Morgan fingerprint density at radius 2 is 2.30 bits per heavy atom. The summed E-state index contributed by atoms with van der Waals surface area (Å²) in [5.74, 6) is 4.72. The number of terminal acetylenes is 1. The van der Waals surface area contributed by atoms with E-state index in [9.17, 15) is 0 Å². The summed E-state index contributed by atoms with van der Waals surface area (Å²) in [6.45, 7) is 3.67. The number of ether oxygens (including phenoxy) is 1. The maximum Gasteiger partial charge on any atom is 0.0556 e. The standard InChI is InChI=1S/C8H14OS/c1-3-5-7-10-8-6-9-4-2/h1H,4-8H2,2H3. The van der Waals surface area contributed by atoms with E-state index in [1.165, 1.54) is 0 Å². The lowest BCUT2D eigenvalue weighted by Gasteiger charge is -1.98. The van der Waals surface area contributed by atoms with Gasteiger partial charge in [0, 0.05) is 24.5 Å². The Balaban J connectivity index is 2.72. The number of hydrogen-bond donors (Lipinski definition) is 0. The summed E-state index contributed by atoms with van der Waals surface area (Å²) in [5.41, 5.74) is 0. The van der Waals surface area contributed by atoms with Crippen molar-refractivity contribution < 1.29 is 4.74 Å². The molecule has 0 amide bonds. The fourth-order valence-electron chi connectivity index (χ4n) is 0.495. The first kappa shape index (κ1) is 9.87. The van der Waals surface area contributed by atoms with Gasteiger partial charge in [0.15, 0.2) is 0 Å². The van der Waals surface area contributed by atoms with E-state index in [1.807, 2.05) is 18.7 Å². The maximum absolute atomic E-state index is 5.14. The van der Waals surface area contributed by atoms with Crippen molar-refractivity contribution in [2.75, 3.05) is 24.7 Å². The molecule has 0 rings (SSSR count). The molecule has 0 N–H and O–H groups in total. The fraction of sp³-hybridized carbons (Fsp3) is 0.750. The first-order chi connectivity index (χ1) is 4.91. The lowest BCUT2D eigenvalue weighted by atomic mass is 10.5. The minimum atomic E-state index is 0.815. The van der Waals surface area contributed by atoms with Gasteiger partial charge in [0.1, 0.15) is 0 Å². The number of hydrogen-bond acceptors (Lipinski definition) is 2. The number of thioether (sulfide) groups is 1. The highest BCUT2D eigenvalue weighted by Gasteiger charge is 1.86. The molecule has 2 heteroatoms. The van der Waals surface area contributed by atoms with Crippen molar-refractivity contribution >= 4 is 11.8 Å². The third kappa shape index (κ3) is 7.87. The summed E-state index contributed by atoms with van der Waals surface area (Å²) in [5, 5.41) is 0. The molecule has 58 valence electrons. The molecule has 0 saturated carbocycles. The van der Waals surface area contributed by atoms with Crippen LogP contribution in [-0.4, -0.2) is 24.7 Å². The van der Waals surface area contributed by atoms with Gasteiger partial charge in [0.2, 0.25) is 0 Å². The zero-order valence-electron chi connectivity index (χ0n) is 6.43. The zero-order valence-corrected chi connectivity index (χ0v) is 7.25. The quantitative estimate of drug-likeness (QED) is 0.430. The topological polar surface area (TPSA) is 9.23 Å². The van der Waals surface area contributed by atoms with Crippen LogP contribution < -0.4 is 0 Å². The van der Waals surface area contributed by atoms with Crippen LogP contribution in [0.5, 0.6) is 0 Å². The van der Waals surface area contributed by atoms with E-state index >= 15 is 0 Å². The summed E-state index contributed by atoms with van der Waals surface area (Å²) >= 11 is 1.85. The molecule has 0 aromatic carbocycles. The SMILES string of the molecule is C#CCCSCCOCC. The van der Waals surface area contributed by atoms with E-state index in [2.05, 4.69) is 5.92 Å². The molecule has 0 fully saturated rings. The molecule has 0 aliphatic rings. The Hall–Kier alpha value is -0.130. The van der Waals surface area contributed by atoms with Crippen LogP contribution in [0.4, 0.5) is 0 Å². The second-order valence-corrected chi connectivity index (χ2v) is 2.99. The molecule has 0 atom stereocenters. The molecule has 0 heterocycles. The van der Waals surface area contributed by atoms with Crippen LogP contribution in [0, 0.1) is 12.3 Å². The third-order valence-corrected chi connectivity index (χ3v) is 1.92. The van der Waals surface area contributed by atoms with Crippen molar-refractivity contribution in [2.45, 2.75) is 13.3 Å². The smallest absolute Gasteiger partial charge is 0.0556 e. The lowest BCUT2D eigenvalue weighted by molar-refractivity contribution is 0.164. The van der Waals surface area contributed by atoms with Gasteiger partial charge in [-0.1, -0.05) is 0 Å². The van der Waals surface area contributed by atoms with E-state index in [0.29, 0.717) is 0 Å². The molecule has 0 spiro atoms. The average molecular weight is 158 g/mol. The average Bonchev–Trinajstić information content (AvgIpc) is 1.97. The predicted molar refractivity (Wildman–Crippen MR) is 47.3 cm³/mol. The second-order valence-electron chi connectivity index (χ2n) is 1.76. The highest BCUT2D eigenvalue weighted by atomic mass is 32.2. The second kappa shape index (κ2) is 8.87. The first-order valence-electron chi connectivity index (χ1n) is 3.50. The summed E-state index contributed by atoms with van der Waals surface area (Å²) in [6, 6.07) is 0. The largest absolute Gasteiger partial charge is 0.381 e. The highest BCUT2D eigenvalue weighted by Crippen LogP contribution is 2.00. The van der Waals surface area contributed by atoms with Crippen LogP contribution >= 0.6 is 11.8 Å². The van der Waals surface area contributed by atoms with Crippen LogP contribution in [0.1, 0.15) is 13.3 Å². The molecule has 0 unspecified atom stereocenters.